The molecule has 7 heavy (non-hydrogen) atoms. The second-order valence-corrected chi connectivity index (χ2v) is 1.78. The Labute approximate surface area is 44.1 Å². The topological polar surface area (TPSA) is 3.24 Å². The molecule has 0 N–H and O–H groups in total. The van der Waals surface area contributed by atoms with Crippen LogP contribution in [0, 0.1) is 0 Å². The molecule has 0 amide bonds. The maximum absolute atomic E-state index is 11.9. The SMILES string of the molecule is CCC(C)N(C)F. The molecule has 0 aromatic rings. The summed E-state index contributed by atoms with van der Waals surface area (Å²) in [5.41, 5.74) is 0. The van der Waals surface area contributed by atoms with E-state index < -0.39 is 0 Å². The molecule has 0 aromatic carbocycles. The highest BCUT2D eigenvalue weighted by molar-refractivity contribution is 4.48. The zero-order valence-electron chi connectivity index (χ0n) is 5.11. The number of nitrogens with zero attached hydrogens (tertiary/aromatic N) is 1. The second kappa shape index (κ2) is 2.97. The van der Waals surface area contributed by atoms with Crippen LogP contribution in [0.3, 0.4) is 0 Å². The fraction of sp³-hybridized carbons (Fsp3) is 1.00. The average Bonchev–Trinajstić information content (AvgIpc) is 1.65. The monoisotopic (exact) mass is 105 g/mol. The minimum Gasteiger partial charge on any atom is -0.147 e. The van der Waals surface area contributed by atoms with Crippen molar-refractivity contribution in [3.05, 3.63) is 0 Å². The highest BCUT2D eigenvalue weighted by atomic mass is 19.2. The Bertz CT molecular complexity index is 45.3. The molecule has 0 aliphatic rings. The molecule has 0 aromatic heterocycles. The minimum absolute atomic E-state index is 0.0694. The van der Waals surface area contributed by atoms with Crippen molar-refractivity contribution in [1.82, 2.24) is 5.12 Å². The lowest BCUT2D eigenvalue weighted by molar-refractivity contribution is 0.0154. The van der Waals surface area contributed by atoms with E-state index in [1.807, 2.05) is 13.8 Å². The quantitative estimate of drug-likeness (QED) is 0.482. The van der Waals surface area contributed by atoms with Crippen molar-refractivity contribution in [1.29, 1.82) is 0 Å². The third kappa shape index (κ3) is 2.57. The van der Waals surface area contributed by atoms with E-state index in [0.717, 1.165) is 11.5 Å². The van der Waals surface area contributed by atoms with Crippen molar-refractivity contribution in [3.8, 4) is 0 Å². The van der Waals surface area contributed by atoms with Gasteiger partial charge in [-0.15, -0.1) is 9.60 Å². The molecule has 2 heteroatoms. The Balaban J connectivity index is 3.14. The van der Waals surface area contributed by atoms with Gasteiger partial charge in [-0.25, -0.2) is 0 Å². The van der Waals surface area contributed by atoms with E-state index in [-0.39, 0.29) is 6.04 Å². The number of rotatable bonds is 2. The standard InChI is InChI=1S/C5H12FN/c1-4-5(2)7(3)6/h5H,4H2,1-3H3. The molecule has 0 saturated heterocycles. The maximum atomic E-state index is 11.9. The van der Waals surface area contributed by atoms with Crippen LogP contribution in [0.2, 0.25) is 0 Å². The Kier molecular flexibility index (Phi) is 2.92. The smallest absolute Gasteiger partial charge is 0.0368 e. The zero-order chi connectivity index (χ0) is 5.86. The van der Waals surface area contributed by atoms with Crippen LogP contribution in [0.1, 0.15) is 20.3 Å². The van der Waals surface area contributed by atoms with Crippen LogP contribution in [0.25, 0.3) is 0 Å². The molecule has 44 valence electrons. The van der Waals surface area contributed by atoms with E-state index >= 15 is 0 Å². The van der Waals surface area contributed by atoms with Crippen molar-refractivity contribution in [3.63, 3.8) is 0 Å². The van der Waals surface area contributed by atoms with Gasteiger partial charge in [0.1, 0.15) is 0 Å². The van der Waals surface area contributed by atoms with Crippen LogP contribution in [0.5, 0.6) is 0 Å². The lowest BCUT2D eigenvalue weighted by Crippen LogP contribution is -2.18. The molecule has 0 radical (unpaired) electrons. The number of hydrogen-bond acceptors (Lipinski definition) is 1. The first-order chi connectivity index (χ1) is 3.18. The van der Waals surface area contributed by atoms with Crippen LogP contribution in [0.15, 0.2) is 0 Å². The Morgan fingerprint density at radius 1 is 1.71 bits per heavy atom. The van der Waals surface area contributed by atoms with Crippen LogP contribution < -0.4 is 0 Å². The predicted octanol–water partition coefficient (Wildman–Crippen LogP) is 1.60. The zero-order valence-corrected chi connectivity index (χ0v) is 5.11. The van der Waals surface area contributed by atoms with Crippen LogP contribution in [-0.4, -0.2) is 18.2 Å². The molecule has 0 spiro atoms. The Hall–Kier alpha value is -0.110. The Morgan fingerprint density at radius 3 is 2.14 bits per heavy atom. The van der Waals surface area contributed by atoms with E-state index in [0.29, 0.717) is 0 Å². The summed E-state index contributed by atoms with van der Waals surface area (Å²) in [7, 11) is 1.44. The maximum Gasteiger partial charge on any atom is 0.0368 e. The minimum atomic E-state index is 0.0694. The van der Waals surface area contributed by atoms with E-state index in [4.69, 9.17) is 0 Å². The molecule has 1 unspecified atom stereocenters. The van der Waals surface area contributed by atoms with Crippen molar-refractivity contribution >= 4 is 0 Å². The first-order valence-corrected chi connectivity index (χ1v) is 2.57. The van der Waals surface area contributed by atoms with Gasteiger partial charge < -0.3 is 0 Å². The fourth-order valence-electron chi connectivity index (χ4n) is 0.252. The third-order valence-corrected chi connectivity index (χ3v) is 1.20. The molecule has 0 saturated carbocycles. The van der Waals surface area contributed by atoms with Crippen molar-refractivity contribution in [2.75, 3.05) is 7.05 Å². The lowest BCUT2D eigenvalue weighted by Gasteiger charge is -2.10. The normalized spacial score (nSPS) is 15.0. The molecule has 0 aliphatic carbocycles. The Morgan fingerprint density at radius 2 is 2.14 bits per heavy atom. The molecular formula is C5H12FN. The van der Waals surface area contributed by atoms with E-state index in [9.17, 15) is 4.48 Å². The highest BCUT2D eigenvalue weighted by Gasteiger charge is 2.01. The van der Waals surface area contributed by atoms with Gasteiger partial charge in [-0.05, 0) is 13.3 Å². The molecule has 1 atom stereocenters. The molecular weight excluding hydrogens is 93.1 g/mol. The summed E-state index contributed by atoms with van der Waals surface area (Å²) in [6.45, 7) is 3.81. The lowest BCUT2D eigenvalue weighted by atomic mass is 10.3. The molecule has 0 bridgehead atoms. The van der Waals surface area contributed by atoms with Gasteiger partial charge in [-0.1, -0.05) is 6.92 Å². The first-order valence-electron chi connectivity index (χ1n) is 2.57. The molecule has 0 heterocycles. The van der Waals surface area contributed by atoms with Crippen LogP contribution in [0.4, 0.5) is 4.48 Å². The van der Waals surface area contributed by atoms with Crippen molar-refractivity contribution < 1.29 is 4.48 Å². The summed E-state index contributed by atoms with van der Waals surface area (Å²) in [4.78, 5) is 0. The van der Waals surface area contributed by atoms with E-state index in [1.165, 1.54) is 7.05 Å². The second-order valence-electron chi connectivity index (χ2n) is 1.78. The molecule has 1 nitrogen and oxygen atoms in total. The highest BCUT2D eigenvalue weighted by Crippen LogP contribution is 1.97. The van der Waals surface area contributed by atoms with Gasteiger partial charge in [0, 0.05) is 13.1 Å². The van der Waals surface area contributed by atoms with E-state index in [1.54, 1.807) is 0 Å². The largest absolute Gasteiger partial charge is 0.147 e. The number of halogens is 1. The van der Waals surface area contributed by atoms with Crippen molar-refractivity contribution in [2.24, 2.45) is 0 Å². The molecule has 0 rings (SSSR count). The summed E-state index contributed by atoms with van der Waals surface area (Å²) < 4.78 is 11.9. The van der Waals surface area contributed by atoms with Gasteiger partial charge in [0.25, 0.3) is 0 Å². The first kappa shape index (κ1) is 6.89. The van der Waals surface area contributed by atoms with Crippen molar-refractivity contribution in [2.45, 2.75) is 26.3 Å². The number of hydrogen-bond donors (Lipinski definition) is 0. The van der Waals surface area contributed by atoms with Gasteiger partial charge in [-0.2, -0.15) is 0 Å². The van der Waals surface area contributed by atoms with Gasteiger partial charge in [-0.3, -0.25) is 0 Å². The molecule has 0 fully saturated rings. The van der Waals surface area contributed by atoms with E-state index in [2.05, 4.69) is 0 Å². The predicted molar refractivity (Wildman–Crippen MR) is 28.6 cm³/mol. The van der Waals surface area contributed by atoms with Gasteiger partial charge in [0.05, 0.1) is 0 Å². The summed E-state index contributed by atoms with van der Waals surface area (Å²) in [5, 5.41) is 0.722. The third-order valence-electron chi connectivity index (χ3n) is 1.20. The summed E-state index contributed by atoms with van der Waals surface area (Å²) in [6.07, 6.45) is 0.868. The average molecular weight is 105 g/mol. The van der Waals surface area contributed by atoms with Crippen LogP contribution >= 0.6 is 0 Å². The van der Waals surface area contributed by atoms with Gasteiger partial charge in [0.15, 0.2) is 0 Å². The summed E-state index contributed by atoms with van der Waals surface area (Å²) in [5.74, 6) is 0. The summed E-state index contributed by atoms with van der Waals surface area (Å²) >= 11 is 0. The van der Waals surface area contributed by atoms with Crippen LogP contribution in [-0.2, 0) is 0 Å². The molecule has 0 aliphatic heterocycles. The van der Waals surface area contributed by atoms with Gasteiger partial charge in [0.2, 0.25) is 0 Å². The summed E-state index contributed by atoms with van der Waals surface area (Å²) in [6, 6.07) is 0.0694. The van der Waals surface area contributed by atoms with Gasteiger partial charge >= 0.3 is 0 Å². The fourth-order valence-corrected chi connectivity index (χ4v) is 0.252.